The molecule has 0 radical (unpaired) electrons. The van der Waals surface area contributed by atoms with Gasteiger partial charge in [-0.2, -0.15) is 0 Å². The quantitative estimate of drug-likeness (QED) is 0.665. The fraction of sp³-hybridized carbons (Fsp3) is 0.368. The van der Waals surface area contributed by atoms with E-state index in [1.165, 1.54) is 15.5 Å². The highest BCUT2D eigenvalue weighted by atomic mass is 79.9. The number of amides is 1. The monoisotopic (exact) mass is 452 g/mol. The number of nitrogens with one attached hydrogen (secondary N) is 1. The fourth-order valence-electron chi connectivity index (χ4n) is 3.12. The number of halogens is 2. The van der Waals surface area contributed by atoms with Crippen molar-refractivity contribution in [1.29, 1.82) is 0 Å². The molecule has 1 aliphatic heterocycles. The molecule has 1 aromatic heterocycles. The summed E-state index contributed by atoms with van der Waals surface area (Å²) in [4.78, 5) is 26.6. The van der Waals surface area contributed by atoms with Gasteiger partial charge in [0.15, 0.2) is 0 Å². The number of anilines is 4. The first kappa shape index (κ1) is 20.2. The topological polar surface area (TPSA) is 89.6 Å². The van der Waals surface area contributed by atoms with Crippen LogP contribution in [0.2, 0.25) is 0 Å². The summed E-state index contributed by atoms with van der Waals surface area (Å²) in [6.07, 6.45) is 1.11. The number of rotatable bonds is 5. The lowest BCUT2D eigenvalue weighted by atomic mass is 10.2. The van der Waals surface area contributed by atoms with Crippen LogP contribution in [-0.4, -0.2) is 23.8 Å². The summed E-state index contributed by atoms with van der Waals surface area (Å²) in [5, 5.41) is 2.91. The average Bonchev–Trinajstić information content (AvgIpc) is 3.10. The van der Waals surface area contributed by atoms with Gasteiger partial charge in [-0.05, 0) is 31.5 Å². The standard InChI is InChI=1S/C19H22BrFN4O3/c1-3-4-9-28-19(27)25-8-7-24-17(25)15(22)16(11(2)18(24)26)23-14-6-5-12(20)10-13(14)21/h5-6,10,23H,3-4,7-9,22H2,1-2H3. The Balaban J connectivity index is 2.00. The molecule has 0 spiro atoms. The summed E-state index contributed by atoms with van der Waals surface area (Å²) in [6, 6.07) is 4.53. The molecule has 3 rings (SSSR count). The molecule has 7 nitrogen and oxygen atoms in total. The summed E-state index contributed by atoms with van der Waals surface area (Å²) >= 11 is 3.21. The molecule has 0 fully saturated rings. The number of hydrogen-bond donors (Lipinski definition) is 2. The highest BCUT2D eigenvalue weighted by Crippen LogP contribution is 2.37. The average molecular weight is 453 g/mol. The lowest BCUT2D eigenvalue weighted by molar-refractivity contribution is 0.152. The molecule has 0 unspecified atom stereocenters. The molecule has 0 saturated carbocycles. The van der Waals surface area contributed by atoms with Gasteiger partial charge in [0.2, 0.25) is 0 Å². The van der Waals surface area contributed by atoms with Crippen LogP contribution >= 0.6 is 15.9 Å². The number of unbranched alkanes of at least 4 members (excludes halogenated alkanes) is 1. The molecule has 0 saturated heterocycles. The predicted octanol–water partition coefficient (Wildman–Crippen LogP) is 4.14. The van der Waals surface area contributed by atoms with Crippen molar-refractivity contribution >= 4 is 44.9 Å². The highest BCUT2D eigenvalue weighted by Gasteiger charge is 2.32. The molecule has 1 amide bonds. The smallest absolute Gasteiger partial charge is 0.415 e. The van der Waals surface area contributed by atoms with E-state index in [1.807, 2.05) is 6.92 Å². The van der Waals surface area contributed by atoms with E-state index in [1.54, 1.807) is 19.1 Å². The molecule has 0 bridgehead atoms. The van der Waals surface area contributed by atoms with E-state index in [4.69, 9.17) is 10.5 Å². The molecule has 0 atom stereocenters. The van der Waals surface area contributed by atoms with Crippen molar-refractivity contribution in [2.24, 2.45) is 0 Å². The number of benzene rings is 1. The Hall–Kier alpha value is -2.55. The maximum atomic E-state index is 14.3. The molecular formula is C19H22BrFN4O3. The number of hydrogen-bond acceptors (Lipinski definition) is 5. The summed E-state index contributed by atoms with van der Waals surface area (Å²) in [6.45, 7) is 4.54. The number of nitrogens with zero attached hydrogens (tertiary/aromatic N) is 2. The van der Waals surface area contributed by atoms with Crippen LogP contribution in [0.25, 0.3) is 0 Å². The summed E-state index contributed by atoms with van der Waals surface area (Å²) in [5.74, 6) is -0.221. The van der Waals surface area contributed by atoms with Gasteiger partial charge in [0.25, 0.3) is 5.56 Å². The van der Waals surface area contributed by atoms with Crippen molar-refractivity contribution in [3.8, 4) is 0 Å². The van der Waals surface area contributed by atoms with Crippen LogP contribution in [0.1, 0.15) is 25.3 Å². The van der Waals surface area contributed by atoms with Crippen LogP contribution in [0.5, 0.6) is 0 Å². The Morgan fingerprint density at radius 2 is 2.14 bits per heavy atom. The van der Waals surface area contributed by atoms with Crippen molar-refractivity contribution < 1.29 is 13.9 Å². The third-order valence-electron chi connectivity index (χ3n) is 4.64. The first-order chi connectivity index (χ1) is 13.3. The molecule has 9 heteroatoms. The highest BCUT2D eigenvalue weighted by molar-refractivity contribution is 9.10. The Morgan fingerprint density at radius 3 is 2.82 bits per heavy atom. The number of carbonyl (C=O) groups is 1. The number of ether oxygens (including phenoxy) is 1. The van der Waals surface area contributed by atoms with Gasteiger partial charge in [-0.1, -0.05) is 29.3 Å². The number of aromatic nitrogens is 1. The maximum absolute atomic E-state index is 14.3. The predicted molar refractivity (Wildman–Crippen MR) is 111 cm³/mol. The Kier molecular flexibility index (Phi) is 5.93. The van der Waals surface area contributed by atoms with Gasteiger partial charge in [-0.15, -0.1) is 0 Å². The van der Waals surface area contributed by atoms with E-state index in [2.05, 4.69) is 21.2 Å². The summed E-state index contributed by atoms with van der Waals surface area (Å²) in [7, 11) is 0. The number of carbonyl (C=O) groups excluding carboxylic acids is 1. The van der Waals surface area contributed by atoms with E-state index in [9.17, 15) is 14.0 Å². The van der Waals surface area contributed by atoms with Crippen LogP contribution < -0.4 is 21.5 Å². The van der Waals surface area contributed by atoms with Gasteiger partial charge in [-0.25, -0.2) is 9.18 Å². The summed E-state index contributed by atoms with van der Waals surface area (Å²) in [5.41, 5.74) is 7.04. The Labute approximate surface area is 170 Å². The maximum Gasteiger partial charge on any atom is 0.415 e. The first-order valence-electron chi connectivity index (χ1n) is 9.04. The molecular weight excluding hydrogens is 431 g/mol. The molecule has 2 aromatic rings. The van der Waals surface area contributed by atoms with Crippen molar-refractivity contribution in [3.63, 3.8) is 0 Å². The van der Waals surface area contributed by atoms with Gasteiger partial charge >= 0.3 is 6.09 Å². The normalized spacial score (nSPS) is 12.8. The number of nitrogens with two attached hydrogens (primary N) is 1. The van der Waals surface area contributed by atoms with Gasteiger partial charge in [-0.3, -0.25) is 14.3 Å². The Bertz CT molecular complexity index is 977. The molecule has 28 heavy (non-hydrogen) atoms. The van der Waals surface area contributed by atoms with Crippen molar-refractivity contribution in [2.45, 2.75) is 33.2 Å². The van der Waals surface area contributed by atoms with E-state index in [0.717, 1.165) is 12.8 Å². The van der Waals surface area contributed by atoms with Gasteiger partial charge in [0.05, 0.1) is 23.7 Å². The largest absolute Gasteiger partial charge is 0.449 e. The molecule has 1 aromatic carbocycles. The van der Waals surface area contributed by atoms with Crippen LogP contribution in [0, 0.1) is 12.7 Å². The third-order valence-corrected chi connectivity index (χ3v) is 5.14. The zero-order chi connectivity index (χ0) is 20.4. The van der Waals surface area contributed by atoms with E-state index >= 15 is 0 Å². The number of pyridine rings is 1. The first-order valence-corrected chi connectivity index (χ1v) is 9.83. The zero-order valence-electron chi connectivity index (χ0n) is 15.7. The van der Waals surface area contributed by atoms with Crippen LogP contribution in [0.3, 0.4) is 0 Å². The second-order valence-electron chi connectivity index (χ2n) is 6.56. The fourth-order valence-corrected chi connectivity index (χ4v) is 3.45. The number of fused-ring (bicyclic) bond motifs is 1. The van der Waals surface area contributed by atoms with E-state index in [0.29, 0.717) is 29.7 Å². The van der Waals surface area contributed by atoms with Gasteiger partial charge in [0.1, 0.15) is 11.6 Å². The molecule has 3 N–H and O–H groups in total. The second kappa shape index (κ2) is 8.22. The van der Waals surface area contributed by atoms with E-state index < -0.39 is 11.9 Å². The van der Waals surface area contributed by atoms with Crippen molar-refractivity contribution in [1.82, 2.24) is 4.57 Å². The minimum Gasteiger partial charge on any atom is -0.449 e. The van der Waals surface area contributed by atoms with Crippen molar-refractivity contribution in [2.75, 3.05) is 29.1 Å². The van der Waals surface area contributed by atoms with Gasteiger partial charge < -0.3 is 15.8 Å². The molecule has 0 aliphatic carbocycles. The lowest BCUT2D eigenvalue weighted by Crippen LogP contribution is -2.31. The van der Waals surface area contributed by atoms with Crippen LogP contribution in [0.15, 0.2) is 27.5 Å². The Morgan fingerprint density at radius 1 is 1.39 bits per heavy atom. The second-order valence-corrected chi connectivity index (χ2v) is 7.48. The number of nitrogen functional groups attached to an aromatic ring is 1. The third kappa shape index (κ3) is 3.71. The molecule has 2 heterocycles. The minimum absolute atomic E-state index is 0.178. The lowest BCUT2D eigenvalue weighted by Gasteiger charge is -2.21. The van der Waals surface area contributed by atoms with Gasteiger partial charge in [0, 0.05) is 23.1 Å². The SMILES string of the molecule is CCCCOC(=O)N1CCn2c1c(N)c(Nc1ccc(Br)cc1F)c(C)c2=O. The minimum atomic E-state index is -0.546. The summed E-state index contributed by atoms with van der Waals surface area (Å²) < 4.78 is 21.6. The van der Waals surface area contributed by atoms with Crippen molar-refractivity contribution in [3.05, 3.63) is 44.4 Å². The zero-order valence-corrected chi connectivity index (χ0v) is 17.3. The van der Waals surface area contributed by atoms with Crippen LogP contribution in [0.4, 0.5) is 32.1 Å². The van der Waals surface area contributed by atoms with E-state index in [-0.39, 0.29) is 28.4 Å². The molecule has 150 valence electrons. The molecule has 1 aliphatic rings. The van der Waals surface area contributed by atoms with Crippen LogP contribution in [-0.2, 0) is 11.3 Å².